The van der Waals surface area contributed by atoms with Crippen LogP contribution in [0.2, 0.25) is 0 Å². The van der Waals surface area contributed by atoms with Gasteiger partial charge in [-0.3, -0.25) is 9.80 Å². The number of hydrogen-bond donors (Lipinski definition) is 0. The quantitative estimate of drug-likeness (QED) is 0.488. The highest BCUT2D eigenvalue weighted by atomic mass is 35.5. The molecule has 0 atom stereocenters. The van der Waals surface area contributed by atoms with Crippen molar-refractivity contribution in [3.05, 3.63) is 42.6 Å². The van der Waals surface area contributed by atoms with Gasteiger partial charge in [0.1, 0.15) is 5.82 Å². The van der Waals surface area contributed by atoms with Crippen molar-refractivity contribution in [1.82, 2.24) is 19.1 Å². The van der Waals surface area contributed by atoms with Gasteiger partial charge in [-0.15, -0.1) is 24.8 Å². The summed E-state index contributed by atoms with van der Waals surface area (Å²) in [5, 5.41) is 0. The van der Waals surface area contributed by atoms with Crippen LogP contribution in [-0.4, -0.2) is 91.9 Å². The molecule has 0 unspecified atom stereocenters. The van der Waals surface area contributed by atoms with Gasteiger partial charge in [-0.25, -0.2) is 13.4 Å². The van der Waals surface area contributed by atoms with Crippen LogP contribution in [0.4, 0.5) is 5.82 Å². The number of rotatable bonds is 6. The number of benzene rings is 1. The average Bonchev–Trinajstić information content (AvgIpc) is 2.94. The number of nitrogens with zero attached hydrogens (tertiary/aromatic N) is 5. The molecule has 0 bridgehead atoms. The molecule has 212 valence electrons. The number of piperazine rings is 2. The average molecular weight is 585 g/mol. The van der Waals surface area contributed by atoms with E-state index >= 15 is 0 Å². The molecule has 2 aliphatic heterocycles. The fourth-order valence-corrected chi connectivity index (χ4v) is 7.36. The highest BCUT2D eigenvalue weighted by molar-refractivity contribution is 7.89. The largest absolute Gasteiger partial charge is 0.354 e. The van der Waals surface area contributed by atoms with E-state index in [-0.39, 0.29) is 24.8 Å². The molecule has 1 aliphatic carbocycles. The Balaban J connectivity index is 0.00000200. The molecule has 3 fully saturated rings. The van der Waals surface area contributed by atoms with Gasteiger partial charge in [0, 0.05) is 76.2 Å². The molecule has 38 heavy (non-hydrogen) atoms. The molecule has 1 aromatic heterocycles. The van der Waals surface area contributed by atoms with Crippen LogP contribution in [0.25, 0.3) is 11.1 Å². The van der Waals surface area contributed by atoms with Crippen LogP contribution >= 0.6 is 24.8 Å². The van der Waals surface area contributed by atoms with Crippen LogP contribution in [-0.2, 0) is 10.0 Å². The fourth-order valence-electron chi connectivity index (χ4n) is 5.93. The van der Waals surface area contributed by atoms with Gasteiger partial charge in [-0.2, -0.15) is 4.31 Å². The summed E-state index contributed by atoms with van der Waals surface area (Å²) < 4.78 is 28.2. The molecular weight excluding hydrogens is 541 g/mol. The van der Waals surface area contributed by atoms with Crippen molar-refractivity contribution < 1.29 is 8.42 Å². The van der Waals surface area contributed by atoms with Crippen LogP contribution in [0.1, 0.15) is 46.0 Å². The Kier molecular flexibility index (Phi) is 11.3. The van der Waals surface area contributed by atoms with E-state index in [2.05, 4.69) is 40.7 Å². The number of pyridine rings is 1. The molecule has 1 saturated carbocycles. The number of aromatic nitrogens is 1. The molecule has 1 aromatic carbocycles. The Morgan fingerprint density at radius 3 is 1.92 bits per heavy atom. The van der Waals surface area contributed by atoms with Crippen LogP contribution in [0.15, 0.2) is 47.5 Å². The SMILES string of the molecule is CC(C)N1CCN(c2ccc(-c3ccc(S(=O)(=O)N4CCN(C5CCCCC5)CC4)cc3)cn2)CC1.Cl.Cl. The zero-order valence-electron chi connectivity index (χ0n) is 22.7. The maximum absolute atomic E-state index is 13.3. The lowest BCUT2D eigenvalue weighted by atomic mass is 9.94. The molecule has 3 heterocycles. The van der Waals surface area contributed by atoms with Gasteiger partial charge < -0.3 is 4.90 Å². The summed E-state index contributed by atoms with van der Waals surface area (Å²) in [5.74, 6) is 1.01. The molecule has 0 amide bonds. The van der Waals surface area contributed by atoms with Crippen molar-refractivity contribution in [2.75, 3.05) is 57.3 Å². The highest BCUT2D eigenvalue weighted by Gasteiger charge is 2.31. The lowest BCUT2D eigenvalue weighted by Gasteiger charge is -2.40. The van der Waals surface area contributed by atoms with Gasteiger partial charge in [-0.1, -0.05) is 31.4 Å². The Morgan fingerprint density at radius 1 is 0.763 bits per heavy atom. The summed E-state index contributed by atoms with van der Waals surface area (Å²) in [6.45, 7) is 11.4. The minimum absolute atomic E-state index is 0. The summed E-state index contributed by atoms with van der Waals surface area (Å²) >= 11 is 0. The molecule has 10 heteroatoms. The second kappa shape index (κ2) is 13.8. The summed E-state index contributed by atoms with van der Waals surface area (Å²) in [5.41, 5.74) is 1.99. The number of sulfonamides is 1. The van der Waals surface area contributed by atoms with E-state index < -0.39 is 10.0 Å². The lowest BCUT2D eigenvalue weighted by Crippen LogP contribution is -2.52. The zero-order chi connectivity index (χ0) is 25.1. The first-order valence-electron chi connectivity index (χ1n) is 13.7. The predicted molar refractivity (Wildman–Crippen MR) is 160 cm³/mol. The van der Waals surface area contributed by atoms with Gasteiger partial charge >= 0.3 is 0 Å². The first kappa shape index (κ1) is 31.1. The first-order chi connectivity index (χ1) is 17.4. The van der Waals surface area contributed by atoms with Crippen molar-refractivity contribution in [2.24, 2.45) is 0 Å². The molecule has 0 N–H and O–H groups in total. The van der Waals surface area contributed by atoms with Gasteiger partial charge in [0.05, 0.1) is 4.90 Å². The van der Waals surface area contributed by atoms with E-state index in [0.717, 1.165) is 56.2 Å². The topological polar surface area (TPSA) is 60.0 Å². The van der Waals surface area contributed by atoms with Crippen molar-refractivity contribution in [3.8, 4) is 11.1 Å². The third-order valence-corrected chi connectivity index (χ3v) is 10.2. The second-order valence-electron chi connectivity index (χ2n) is 10.8. The first-order valence-corrected chi connectivity index (χ1v) is 15.2. The molecular formula is C28H43Cl2N5O2S. The van der Waals surface area contributed by atoms with Crippen molar-refractivity contribution in [3.63, 3.8) is 0 Å². The molecule has 0 spiro atoms. The Labute approximate surface area is 241 Å². The van der Waals surface area contributed by atoms with E-state index in [1.54, 1.807) is 16.4 Å². The van der Waals surface area contributed by atoms with Gasteiger partial charge in [0.25, 0.3) is 0 Å². The summed E-state index contributed by atoms with van der Waals surface area (Å²) in [7, 11) is -3.47. The maximum Gasteiger partial charge on any atom is 0.243 e. The summed E-state index contributed by atoms with van der Waals surface area (Å²) in [4.78, 5) is 12.4. The molecule has 3 aliphatic rings. The Morgan fingerprint density at radius 2 is 1.37 bits per heavy atom. The molecule has 0 radical (unpaired) electrons. The molecule has 7 nitrogen and oxygen atoms in total. The Hall–Kier alpha value is -1.42. The van der Waals surface area contributed by atoms with Gasteiger partial charge in [-0.05, 0) is 56.5 Å². The number of halogens is 2. The summed E-state index contributed by atoms with van der Waals surface area (Å²) in [6, 6.07) is 12.7. The molecule has 2 saturated heterocycles. The number of anilines is 1. The van der Waals surface area contributed by atoms with Crippen molar-refractivity contribution in [1.29, 1.82) is 0 Å². The lowest BCUT2D eigenvalue weighted by molar-refractivity contribution is 0.111. The highest BCUT2D eigenvalue weighted by Crippen LogP contribution is 2.27. The van der Waals surface area contributed by atoms with Crippen LogP contribution in [0, 0.1) is 0 Å². The minimum atomic E-state index is -3.47. The van der Waals surface area contributed by atoms with E-state index in [4.69, 9.17) is 4.98 Å². The molecule has 5 rings (SSSR count). The standard InChI is InChI=1S/C28H41N5O2S.2ClH/c1-23(2)30-14-16-32(17-15-30)28-13-10-25(22-29-28)24-8-11-27(12-9-24)36(34,35)33-20-18-31(19-21-33)26-6-4-3-5-7-26;;/h8-13,22-23,26H,3-7,14-21H2,1-2H3;2*1H. The zero-order valence-corrected chi connectivity index (χ0v) is 25.1. The van der Waals surface area contributed by atoms with E-state index in [0.29, 0.717) is 30.1 Å². The van der Waals surface area contributed by atoms with Gasteiger partial charge in [0.15, 0.2) is 0 Å². The predicted octanol–water partition coefficient (Wildman–Crippen LogP) is 4.76. The maximum atomic E-state index is 13.3. The third-order valence-electron chi connectivity index (χ3n) is 8.31. The molecule has 2 aromatic rings. The minimum Gasteiger partial charge on any atom is -0.354 e. The van der Waals surface area contributed by atoms with Crippen molar-refractivity contribution in [2.45, 2.75) is 62.9 Å². The van der Waals surface area contributed by atoms with Crippen LogP contribution < -0.4 is 4.90 Å². The Bertz CT molecular complexity index is 1090. The van der Waals surface area contributed by atoms with Crippen LogP contribution in [0.5, 0.6) is 0 Å². The number of hydrogen-bond acceptors (Lipinski definition) is 6. The monoisotopic (exact) mass is 583 g/mol. The van der Waals surface area contributed by atoms with Crippen molar-refractivity contribution >= 4 is 40.7 Å². The fraction of sp³-hybridized carbons (Fsp3) is 0.607. The van der Waals surface area contributed by atoms with E-state index in [1.807, 2.05) is 18.3 Å². The van der Waals surface area contributed by atoms with E-state index in [9.17, 15) is 8.42 Å². The van der Waals surface area contributed by atoms with Crippen LogP contribution in [0.3, 0.4) is 0 Å². The third kappa shape index (κ3) is 7.01. The smallest absolute Gasteiger partial charge is 0.243 e. The summed E-state index contributed by atoms with van der Waals surface area (Å²) in [6.07, 6.45) is 8.39. The van der Waals surface area contributed by atoms with E-state index in [1.165, 1.54) is 32.1 Å². The second-order valence-corrected chi connectivity index (χ2v) is 12.7. The van der Waals surface area contributed by atoms with Gasteiger partial charge in [0.2, 0.25) is 10.0 Å². The normalized spacial score (nSPS) is 20.7.